The van der Waals surface area contributed by atoms with Crippen LogP contribution in [0.25, 0.3) is 0 Å². The van der Waals surface area contributed by atoms with E-state index < -0.39 is 0 Å². The lowest BCUT2D eigenvalue weighted by molar-refractivity contribution is 0.221. The van der Waals surface area contributed by atoms with Crippen LogP contribution in [0, 0.1) is 0 Å². The number of nitrogens with one attached hydrogen (secondary N) is 1. The van der Waals surface area contributed by atoms with E-state index in [1.165, 1.54) is 5.56 Å². The maximum Gasteiger partial charge on any atom is 0.193 e. The first-order valence-corrected chi connectivity index (χ1v) is 11.0. The van der Waals surface area contributed by atoms with Crippen molar-refractivity contribution < 1.29 is 4.74 Å². The second kappa shape index (κ2) is 12.9. The Hall–Kier alpha value is -1.81. The van der Waals surface area contributed by atoms with Crippen LogP contribution in [0.15, 0.2) is 41.7 Å². The van der Waals surface area contributed by atoms with Crippen LogP contribution in [-0.4, -0.2) is 71.9 Å². The number of rotatable bonds is 9. The van der Waals surface area contributed by atoms with Gasteiger partial charge in [0.05, 0.1) is 6.20 Å². The summed E-state index contributed by atoms with van der Waals surface area (Å²) < 4.78 is 7.97. The van der Waals surface area contributed by atoms with Crippen LogP contribution in [0.2, 0.25) is 0 Å². The quantitative estimate of drug-likeness (QED) is 0.301. The molecule has 1 atom stereocenters. The molecule has 1 aromatic carbocycles. The summed E-state index contributed by atoms with van der Waals surface area (Å²) in [6, 6.07) is 8.26. The fourth-order valence-corrected chi connectivity index (χ4v) is 4.00. The van der Waals surface area contributed by atoms with Crippen LogP contribution in [-0.2, 0) is 13.6 Å². The lowest BCUT2D eigenvalue weighted by Gasteiger charge is -2.22. The first kappa shape index (κ1) is 25.5. The van der Waals surface area contributed by atoms with Gasteiger partial charge in [-0.15, -0.1) is 24.0 Å². The topological polar surface area (TPSA) is 57.9 Å². The molecule has 1 fully saturated rings. The second-order valence-corrected chi connectivity index (χ2v) is 7.76. The van der Waals surface area contributed by atoms with E-state index in [4.69, 9.17) is 4.74 Å². The molecule has 8 heteroatoms. The van der Waals surface area contributed by atoms with E-state index in [1.54, 1.807) is 0 Å². The van der Waals surface area contributed by atoms with Crippen molar-refractivity contribution in [3.63, 3.8) is 0 Å². The van der Waals surface area contributed by atoms with Gasteiger partial charge in [-0.1, -0.05) is 32.0 Å². The zero-order chi connectivity index (χ0) is 21.3. The molecule has 172 valence electrons. The molecule has 0 amide bonds. The van der Waals surface area contributed by atoms with Crippen molar-refractivity contribution in [1.82, 2.24) is 24.9 Å². The number of guanidine groups is 1. The first-order chi connectivity index (χ1) is 14.6. The van der Waals surface area contributed by atoms with E-state index in [1.807, 2.05) is 31.0 Å². The van der Waals surface area contributed by atoms with Crippen molar-refractivity contribution in [2.75, 3.05) is 46.4 Å². The molecule has 7 nitrogen and oxygen atoms in total. The highest BCUT2D eigenvalue weighted by molar-refractivity contribution is 14.0. The predicted molar refractivity (Wildman–Crippen MR) is 137 cm³/mol. The molecule has 0 aliphatic carbocycles. The van der Waals surface area contributed by atoms with Gasteiger partial charge >= 0.3 is 0 Å². The molecule has 3 rings (SSSR count). The van der Waals surface area contributed by atoms with Crippen LogP contribution in [0.1, 0.15) is 37.3 Å². The second-order valence-electron chi connectivity index (χ2n) is 7.76. The summed E-state index contributed by atoms with van der Waals surface area (Å²) in [5, 5.41) is 7.85. The molecular weight excluding hydrogens is 503 g/mol. The maximum absolute atomic E-state index is 6.10. The Morgan fingerprint density at radius 1 is 1.29 bits per heavy atom. The van der Waals surface area contributed by atoms with Gasteiger partial charge in [-0.25, -0.2) is 0 Å². The van der Waals surface area contributed by atoms with E-state index in [0.717, 1.165) is 56.4 Å². The number of ether oxygens (including phenoxy) is 1. The molecule has 0 radical (unpaired) electrons. The Balaban J connectivity index is 0.00000341. The van der Waals surface area contributed by atoms with Gasteiger partial charge in [-0.3, -0.25) is 9.67 Å². The van der Waals surface area contributed by atoms with Crippen LogP contribution < -0.4 is 10.1 Å². The average Bonchev–Trinajstić information content (AvgIpc) is 3.42. The van der Waals surface area contributed by atoms with Gasteiger partial charge in [0.25, 0.3) is 0 Å². The van der Waals surface area contributed by atoms with Crippen molar-refractivity contribution in [3.8, 4) is 5.75 Å². The standard InChI is InChI=1S/C23H36N6O.HI/c1-5-28(6-2)13-14-30-22-10-8-7-9-19(22)15-25-23(24-3)29-12-11-20(18-29)21-16-26-27(4)17-21;/h7-10,16-17,20H,5-6,11-15,18H2,1-4H3,(H,24,25);1H. The number of hydrogen-bond acceptors (Lipinski definition) is 4. The molecule has 1 aliphatic heterocycles. The monoisotopic (exact) mass is 540 g/mol. The van der Waals surface area contributed by atoms with Crippen LogP contribution in [0.5, 0.6) is 5.75 Å². The molecule has 0 bridgehead atoms. The van der Waals surface area contributed by atoms with E-state index in [0.29, 0.717) is 19.1 Å². The number of aryl methyl sites for hydroxylation is 1. The van der Waals surface area contributed by atoms with Gasteiger partial charge in [-0.05, 0) is 31.1 Å². The molecule has 1 saturated heterocycles. The van der Waals surface area contributed by atoms with Crippen LogP contribution in [0.4, 0.5) is 0 Å². The van der Waals surface area contributed by atoms with Gasteiger partial charge < -0.3 is 19.9 Å². The minimum Gasteiger partial charge on any atom is -0.492 e. The fourth-order valence-electron chi connectivity index (χ4n) is 4.00. The molecule has 1 aliphatic rings. The highest BCUT2D eigenvalue weighted by Gasteiger charge is 2.26. The third-order valence-corrected chi connectivity index (χ3v) is 5.86. The van der Waals surface area contributed by atoms with Gasteiger partial charge in [-0.2, -0.15) is 5.10 Å². The molecule has 0 spiro atoms. The van der Waals surface area contributed by atoms with Crippen molar-refractivity contribution in [2.24, 2.45) is 12.0 Å². The number of aromatic nitrogens is 2. The maximum atomic E-state index is 6.10. The van der Waals surface area contributed by atoms with Crippen LogP contribution >= 0.6 is 24.0 Å². The number of benzene rings is 1. The number of aliphatic imine (C=N–C) groups is 1. The summed E-state index contributed by atoms with van der Waals surface area (Å²) in [6.45, 7) is 10.8. The van der Waals surface area contributed by atoms with Gasteiger partial charge in [0, 0.05) is 58.0 Å². The van der Waals surface area contributed by atoms with E-state index in [9.17, 15) is 0 Å². The van der Waals surface area contributed by atoms with Crippen molar-refractivity contribution in [3.05, 3.63) is 47.8 Å². The van der Waals surface area contributed by atoms with E-state index >= 15 is 0 Å². The summed E-state index contributed by atoms with van der Waals surface area (Å²) >= 11 is 0. The van der Waals surface area contributed by atoms with E-state index in [-0.39, 0.29) is 24.0 Å². The Bertz CT molecular complexity index is 820. The average molecular weight is 540 g/mol. The zero-order valence-electron chi connectivity index (χ0n) is 19.3. The Morgan fingerprint density at radius 3 is 2.74 bits per heavy atom. The largest absolute Gasteiger partial charge is 0.492 e. The first-order valence-electron chi connectivity index (χ1n) is 11.0. The molecule has 1 aromatic heterocycles. The highest BCUT2D eigenvalue weighted by atomic mass is 127. The summed E-state index contributed by atoms with van der Waals surface area (Å²) in [5.74, 6) is 2.40. The van der Waals surface area contributed by atoms with Gasteiger partial charge in [0.15, 0.2) is 5.96 Å². The highest BCUT2D eigenvalue weighted by Crippen LogP contribution is 2.27. The third kappa shape index (κ3) is 7.10. The summed E-state index contributed by atoms with van der Waals surface area (Å²) in [4.78, 5) is 9.22. The molecule has 2 heterocycles. The number of hydrogen-bond donors (Lipinski definition) is 1. The fraction of sp³-hybridized carbons (Fsp3) is 0.565. The Kier molecular flexibility index (Phi) is 10.6. The number of para-hydroxylation sites is 1. The third-order valence-electron chi connectivity index (χ3n) is 5.86. The molecule has 0 saturated carbocycles. The number of nitrogens with zero attached hydrogens (tertiary/aromatic N) is 5. The van der Waals surface area contributed by atoms with Crippen LogP contribution in [0.3, 0.4) is 0 Å². The lowest BCUT2D eigenvalue weighted by Crippen LogP contribution is -2.39. The summed E-state index contributed by atoms with van der Waals surface area (Å²) in [6.07, 6.45) is 5.23. The molecular formula is C23H37IN6O. The van der Waals surface area contributed by atoms with Crippen molar-refractivity contribution >= 4 is 29.9 Å². The summed E-state index contributed by atoms with van der Waals surface area (Å²) in [5.41, 5.74) is 2.46. The van der Waals surface area contributed by atoms with Gasteiger partial charge in [0.2, 0.25) is 0 Å². The number of halogens is 1. The molecule has 2 aromatic rings. The normalized spacial score (nSPS) is 16.5. The number of likely N-dealkylation sites (tertiary alicyclic amines) is 1. The van der Waals surface area contributed by atoms with Gasteiger partial charge in [0.1, 0.15) is 12.4 Å². The minimum absolute atomic E-state index is 0. The molecule has 31 heavy (non-hydrogen) atoms. The molecule has 1 N–H and O–H groups in total. The van der Waals surface area contributed by atoms with E-state index in [2.05, 4.69) is 63.5 Å². The zero-order valence-corrected chi connectivity index (χ0v) is 21.6. The SMILES string of the molecule is CCN(CC)CCOc1ccccc1CNC(=NC)N1CCC(c2cnn(C)c2)C1.I. The predicted octanol–water partition coefficient (Wildman–Crippen LogP) is 3.32. The van der Waals surface area contributed by atoms with Crippen molar-refractivity contribution in [2.45, 2.75) is 32.7 Å². The Labute approximate surface area is 203 Å². The molecule has 1 unspecified atom stereocenters. The Morgan fingerprint density at radius 2 is 2.06 bits per heavy atom. The lowest BCUT2D eigenvalue weighted by atomic mass is 10.0. The summed E-state index contributed by atoms with van der Waals surface area (Å²) in [7, 11) is 3.82. The number of likely N-dealkylation sites (N-methyl/N-ethyl adjacent to an activating group) is 1. The minimum atomic E-state index is 0. The smallest absolute Gasteiger partial charge is 0.193 e. The van der Waals surface area contributed by atoms with Crippen molar-refractivity contribution in [1.29, 1.82) is 0 Å².